The van der Waals surface area contributed by atoms with E-state index in [2.05, 4.69) is 0 Å². The van der Waals surface area contributed by atoms with E-state index in [0.717, 1.165) is 5.56 Å². The molecule has 2 amide bonds. The molecular formula is C16H13NO2. The highest BCUT2D eigenvalue weighted by molar-refractivity contribution is 6.13. The summed E-state index contributed by atoms with van der Waals surface area (Å²) < 4.78 is 0. The zero-order valence-corrected chi connectivity index (χ0v) is 10.5. The van der Waals surface area contributed by atoms with Crippen LogP contribution in [0.15, 0.2) is 54.6 Å². The Morgan fingerprint density at radius 3 is 2.32 bits per heavy atom. The summed E-state index contributed by atoms with van der Waals surface area (Å²) in [6, 6.07) is 16.1. The fourth-order valence-corrected chi connectivity index (χ4v) is 2.49. The van der Waals surface area contributed by atoms with E-state index in [1.54, 1.807) is 30.3 Å². The van der Waals surface area contributed by atoms with Crippen LogP contribution in [-0.2, 0) is 0 Å². The molecule has 1 aliphatic rings. The third-order valence-corrected chi connectivity index (χ3v) is 3.49. The van der Waals surface area contributed by atoms with Gasteiger partial charge in [-0.25, -0.2) is 0 Å². The van der Waals surface area contributed by atoms with Crippen LogP contribution in [0.25, 0.3) is 0 Å². The smallest absolute Gasteiger partial charge is 0.261 e. The minimum atomic E-state index is -0.241. The van der Waals surface area contributed by atoms with Gasteiger partial charge in [0, 0.05) is 11.1 Å². The highest BCUT2D eigenvalue weighted by Gasteiger charge is 2.37. The number of amides is 2. The summed E-state index contributed by atoms with van der Waals surface area (Å²) in [5.74, 6) is -0.453. The number of fused-ring (bicyclic) bond motifs is 1. The molecule has 0 N–H and O–H groups in total. The molecule has 0 spiro atoms. The van der Waals surface area contributed by atoms with Gasteiger partial charge in [-0.15, -0.1) is 0 Å². The molecular weight excluding hydrogens is 238 g/mol. The van der Waals surface area contributed by atoms with Gasteiger partial charge in [0.1, 0.15) is 0 Å². The van der Waals surface area contributed by atoms with E-state index in [0.29, 0.717) is 11.1 Å². The molecule has 3 nitrogen and oxygen atoms in total. The van der Waals surface area contributed by atoms with Gasteiger partial charge in [-0.2, -0.15) is 0 Å². The van der Waals surface area contributed by atoms with E-state index >= 15 is 0 Å². The Labute approximate surface area is 111 Å². The van der Waals surface area contributed by atoms with Gasteiger partial charge in [-0.3, -0.25) is 14.5 Å². The van der Waals surface area contributed by atoms with Crippen LogP contribution in [-0.4, -0.2) is 16.7 Å². The summed E-state index contributed by atoms with van der Waals surface area (Å²) in [5.41, 5.74) is 2.08. The largest absolute Gasteiger partial charge is 0.269 e. The van der Waals surface area contributed by atoms with Gasteiger partial charge in [-0.1, -0.05) is 36.4 Å². The number of benzene rings is 2. The molecule has 0 radical (unpaired) electrons. The van der Waals surface area contributed by atoms with Gasteiger partial charge in [0.15, 0.2) is 0 Å². The van der Waals surface area contributed by atoms with E-state index in [-0.39, 0.29) is 17.9 Å². The molecule has 0 fully saturated rings. The number of rotatable bonds is 1. The van der Waals surface area contributed by atoms with Crippen LogP contribution in [0.3, 0.4) is 0 Å². The zero-order valence-electron chi connectivity index (χ0n) is 10.5. The first-order valence-electron chi connectivity index (χ1n) is 6.22. The van der Waals surface area contributed by atoms with E-state index in [9.17, 15) is 9.59 Å². The molecule has 94 valence electrons. The van der Waals surface area contributed by atoms with Crippen molar-refractivity contribution in [3.05, 3.63) is 71.3 Å². The summed E-state index contributed by atoms with van der Waals surface area (Å²) in [6.07, 6.45) is 0. The molecule has 1 unspecified atom stereocenters. The average Bonchev–Trinajstić information content (AvgIpc) is 2.72. The van der Waals surface area contributed by atoms with Gasteiger partial charge in [0.2, 0.25) is 0 Å². The summed E-state index contributed by atoms with van der Waals surface area (Å²) in [5, 5.41) is 0. The number of carbonyl (C=O) groups is 2. The van der Waals surface area contributed by atoms with Crippen LogP contribution in [0.5, 0.6) is 0 Å². The van der Waals surface area contributed by atoms with E-state index in [1.807, 2.05) is 31.2 Å². The topological polar surface area (TPSA) is 37.4 Å². The van der Waals surface area contributed by atoms with Crippen molar-refractivity contribution in [2.24, 2.45) is 0 Å². The summed E-state index contributed by atoms with van der Waals surface area (Å²) in [7, 11) is 0. The number of carbonyl (C=O) groups excluding carboxylic acids is 2. The Morgan fingerprint density at radius 1 is 1.00 bits per heavy atom. The van der Waals surface area contributed by atoms with Gasteiger partial charge in [0.25, 0.3) is 11.8 Å². The maximum atomic E-state index is 12.4. The molecule has 1 aliphatic heterocycles. The van der Waals surface area contributed by atoms with Crippen molar-refractivity contribution in [3.8, 4) is 0 Å². The molecule has 0 aromatic heterocycles. The molecule has 19 heavy (non-hydrogen) atoms. The first kappa shape index (κ1) is 11.7. The number of nitrogens with zero attached hydrogens (tertiary/aromatic N) is 1. The van der Waals surface area contributed by atoms with E-state index in [4.69, 9.17) is 0 Å². The average molecular weight is 251 g/mol. The molecule has 2 aromatic carbocycles. The van der Waals surface area contributed by atoms with Crippen molar-refractivity contribution in [3.63, 3.8) is 0 Å². The summed E-state index contributed by atoms with van der Waals surface area (Å²) >= 11 is 0. The lowest BCUT2D eigenvalue weighted by molar-refractivity contribution is 0.0590. The Hall–Kier alpha value is -2.42. The molecule has 1 heterocycles. The first-order valence-corrected chi connectivity index (χ1v) is 6.22. The second kappa shape index (κ2) is 4.35. The Morgan fingerprint density at radius 2 is 1.63 bits per heavy atom. The molecule has 3 rings (SSSR count). The molecule has 1 atom stereocenters. The van der Waals surface area contributed by atoms with Crippen molar-refractivity contribution in [1.82, 2.24) is 4.90 Å². The minimum absolute atomic E-state index is 0.211. The van der Waals surface area contributed by atoms with Crippen molar-refractivity contribution >= 4 is 11.8 Å². The first-order chi connectivity index (χ1) is 9.20. The highest BCUT2D eigenvalue weighted by atomic mass is 16.2. The Balaban J connectivity index is 2.01. The van der Waals surface area contributed by atoms with Gasteiger partial charge >= 0.3 is 0 Å². The van der Waals surface area contributed by atoms with Crippen molar-refractivity contribution in [2.45, 2.75) is 13.0 Å². The Kier molecular flexibility index (Phi) is 2.67. The third kappa shape index (κ3) is 1.74. The molecule has 0 bridgehead atoms. The van der Waals surface area contributed by atoms with Crippen LogP contribution in [0, 0.1) is 0 Å². The predicted molar refractivity (Wildman–Crippen MR) is 71.8 cm³/mol. The lowest BCUT2D eigenvalue weighted by Crippen LogP contribution is -2.33. The SMILES string of the molecule is CC1c2ccccc2C(=O)N1C(=O)c1ccccc1. The van der Waals surface area contributed by atoms with Gasteiger partial charge in [0.05, 0.1) is 6.04 Å². The number of hydrogen-bond acceptors (Lipinski definition) is 2. The third-order valence-electron chi connectivity index (χ3n) is 3.49. The van der Waals surface area contributed by atoms with Crippen molar-refractivity contribution < 1.29 is 9.59 Å². The summed E-state index contributed by atoms with van der Waals surface area (Å²) in [6.45, 7) is 1.88. The second-order valence-electron chi connectivity index (χ2n) is 4.61. The van der Waals surface area contributed by atoms with Crippen LogP contribution in [0.4, 0.5) is 0 Å². The standard InChI is InChI=1S/C16H13NO2/c1-11-13-9-5-6-10-14(13)16(19)17(11)15(18)12-7-3-2-4-8-12/h2-11H,1H3. The number of hydrogen-bond donors (Lipinski definition) is 0. The normalized spacial score (nSPS) is 17.4. The lowest BCUT2D eigenvalue weighted by Gasteiger charge is -2.20. The number of imide groups is 1. The molecule has 2 aromatic rings. The van der Waals surface area contributed by atoms with E-state index in [1.165, 1.54) is 4.90 Å². The Bertz CT molecular complexity index is 649. The van der Waals surface area contributed by atoms with Crippen LogP contribution in [0.1, 0.15) is 39.2 Å². The van der Waals surface area contributed by atoms with E-state index < -0.39 is 0 Å². The molecule has 0 saturated heterocycles. The van der Waals surface area contributed by atoms with Crippen molar-refractivity contribution in [2.75, 3.05) is 0 Å². The fourth-order valence-electron chi connectivity index (χ4n) is 2.49. The molecule has 0 aliphatic carbocycles. The zero-order chi connectivity index (χ0) is 13.4. The minimum Gasteiger partial charge on any atom is -0.269 e. The van der Waals surface area contributed by atoms with Crippen LogP contribution >= 0.6 is 0 Å². The lowest BCUT2D eigenvalue weighted by atomic mass is 10.1. The van der Waals surface area contributed by atoms with Crippen molar-refractivity contribution in [1.29, 1.82) is 0 Å². The molecule has 0 saturated carbocycles. The van der Waals surface area contributed by atoms with Gasteiger partial charge < -0.3 is 0 Å². The highest BCUT2D eigenvalue weighted by Crippen LogP contribution is 2.33. The van der Waals surface area contributed by atoms with Crippen LogP contribution in [0.2, 0.25) is 0 Å². The second-order valence-corrected chi connectivity index (χ2v) is 4.61. The molecule has 3 heteroatoms. The summed E-state index contributed by atoms with van der Waals surface area (Å²) in [4.78, 5) is 26.1. The maximum absolute atomic E-state index is 12.4. The quantitative estimate of drug-likeness (QED) is 0.730. The van der Waals surface area contributed by atoms with Gasteiger partial charge in [-0.05, 0) is 30.7 Å². The van der Waals surface area contributed by atoms with Crippen LogP contribution < -0.4 is 0 Å². The monoisotopic (exact) mass is 251 g/mol. The predicted octanol–water partition coefficient (Wildman–Crippen LogP) is 3.04. The fraction of sp³-hybridized carbons (Fsp3) is 0.125. The maximum Gasteiger partial charge on any atom is 0.261 e.